The van der Waals surface area contributed by atoms with E-state index >= 15 is 0 Å². The Morgan fingerprint density at radius 2 is 2.11 bits per heavy atom. The van der Waals surface area contributed by atoms with Crippen molar-refractivity contribution in [1.29, 1.82) is 0 Å². The summed E-state index contributed by atoms with van der Waals surface area (Å²) in [6.07, 6.45) is 0. The first kappa shape index (κ1) is 19.4. The maximum Gasteiger partial charge on any atom is 0.251 e. The van der Waals surface area contributed by atoms with Crippen LogP contribution in [0.4, 0.5) is 0 Å². The molecular formula is C16H17N5O3S3. The quantitative estimate of drug-likeness (QED) is 0.503. The lowest BCUT2D eigenvalue weighted by atomic mass is 10.2. The Morgan fingerprint density at radius 3 is 2.78 bits per heavy atom. The number of nitrogens with one attached hydrogen (secondary N) is 3. The standard InChI is InChI=1S/C16H17N5O3S3/c1-21-14(19-20-16(21)25)10-17-15(22)11-4-2-6-13(8-11)27(23,24)18-9-12-5-3-7-26-12/h2-8,18H,9-10H2,1H3,(H,17,22)(H,20,25). The fourth-order valence-electron chi connectivity index (χ4n) is 2.27. The Balaban J connectivity index is 1.69. The number of aromatic nitrogens is 3. The van der Waals surface area contributed by atoms with Crippen molar-refractivity contribution in [3.05, 3.63) is 62.8 Å². The molecule has 27 heavy (non-hydrogen) atoms. The van der Waals surface area contributed by atoms with E-state index in [1.165, 1.54) is 29.5 Å². The van der Waals surface area contributed by atoms with Gasteiger partial charge in [-0.05, 0) is 41.9 Å². The number of amides is 1. The molecule has 0 aliphatic heterocycles. The summed E-state index contributed by atoms with van der Waals surface area (Å²) in [6, 6.07) is 9.58. The van der Waals surface area contributed by atoms with Crippen LogP contribution in [0.2, 0.25) is 0 Å². The lowest BCUT2D eigenvalue weighted by molar-refractivity contribution is 0.0949. The van der Waals surface area contributed by atoms with Crippen molar-refractivity contribution in [2.45, 2.75) is 18.0 Å². The number of carbonyl (C=O) groups excluding carboxylic acids is 1. The fourth-order valence-corrected chi connectivity index (χ4v) is 4.21. The average Bonchev–Trinajstić information content (AvgIpc) is 3.29. The molecule has 2 aromatic heterocycles. The summed E-state index contributed by atoms with van der Waals surface area (Å²) in [6.45, 7) is 0.367. The van der Waals surface area contributed by atoms with Crippen molar-refractivity contribution in [1.82, 2.24) is 24.8 Å². The first-order valence-corrected chi connectivity index (χ1v) is 10.6. The van der Waals surface area contributed by atoms with Crippen molar-refractivity contribution < 1.29 is 13.2 Å². The highest BCUT2D eigenvalue weighted by Crippen LogP contribution is 2.14. The van der Waals surface area contributed by atoms with Crippen LogP contribution in [-0.2, 0) is 30.2 Å². The second-order valence-corrected chi connectivity index (χ2v) is 8.80. The van der Waals surface area contributed by atoms with Gasteiger partial charge in [0.15, 0.2) is 10.6 Å². The van der Waals surface area contributed by atoms with E-state index in [9.17, 15) is 13.2 Å². The molecule has 8 nitrogen and oxygen atoms in total. The van der Waals surface area contributed by atoms with Crippen molar-refractivity contribution in [3.63, 3.8) is 0 Å². The summed E-state index contributed by atoms with van der Waals surface area (Å²) in [5, 5.41) is 11.2. The van der Waals surface area contributed by atoms with Gasteiger partial charge in [0.25, 0.3) is 5.91 Å². The van der Waals surface area contributed by atoms with Crippen molar-refractivity contribution >= 4 is 39.5 Å². The number of H-pyrrole nitrogens is 1. The lowest BCUT2D eigenvalue weighted by Crippen LogP contribution is -2.26. The third-order valence-corrected chi connectivity index (χ3v) is 6.44. The molecule has 3 N–H and O–H groups in total. The van der Waals surface area contributed by atoms with Gasteiger partial charge in [0.2, 0.25) is 10.0 Å². The van der Waals surface area contributed by atoms with Crippen molar-refractivity contribution in [3.8, 4) is 0 Å². The highest BCUT2D eigenvalue weighted by molar-refractivity contribution is 7.89. The Labute approximate surface area is 165 Å². The van der Waals surface area contributed by atoms with Crippen LogP contribution in [0.3, 0.4) is 0 Å². The monoisotopic (exact) mass is 423 g/mol. The summed E-state index contributed by atoms with van der Waals surface area (Å²) < 4.78 is 29.5. The number of rotatable bonds is 7. The van der Waals surface area contributed by atoms with E-state index in [1.807, 2.05) is 17.5 Å². The first-order chi connectivity index (χ1) is 12.9. The van der Waals surface area contributed by atoms with E-state index < -0.39 is 15.9 Å². The van der Waals surface area contributed by atoms with Crippen LogP contribution in [-0.4, -0.2) is 29.1 Å². The first-order valence-electron chi connectivity index (χ1n) is 7.87. The molecule has 0 saturated heterocycles. The number of benzene rings is 1. The number of thiophene rings is 1. The minimum atomic E-state index is -3.72. The molecule has 0 aliphatic carbocycles. The molecule has 0 atom stereocenters. The van der Waals surface area contributed by atoms with Gasteiger partial charge in [-0.2, -0.15) is 5.10 Å². The van der Waals surface area contributed by atoms with Gasteiger partial charge in [-0.3, -0.25) is 9.89 Å². The molecule has 1 aromatic carbocycles. The van der Waals surface area contributed by atoms with E-state index in [1.54, 1.807) is 17.7 Å². The summed E-state index contributed by atoms with van der Waals surface area (Å²) in [4.78, 5) is 13.3. The molecule has 2 heterocycles. The van der Waals surface area contributed by atoms with Gasteiger partial charge >= 0.3 is 0 Å². The summed E-state index contributed by atoms with van der Waals surface area (Å²) in [5.41, 5.74) is 0.241. The minimum absolute atomic E-state index is 0.0323. The molecule has 0 saturated carbocycles. The SMILES string of the molecule is Cn1c(CNC(=O)c2cccc(S(=O)(=O)NCc3cccs3)c2)n[nH]c1=S. The number of carbonyl (C=O) groups is 1. The zero-order chi connectivity index (χ0) is 19.4. The molecule has 0 aliphatic rings. The second-order valence-electron chi connectivity index (χ2n) is 5.62. The Bertz CT molecular complexity index is 1100. The predicted octanol–water partition coefficient (Wildman–Crippen LogP) is 1.95. The van der Waals surface area contributed by atoms with E-state index in [2.05, 4.69) is 20.2 Å². The van der Waals surface area contributed by atoms with Gasteiger partial charge in [0, 0.05) is 24.0 Å². The molecule has 0 spiro atoms. The van der Waals surface area contributed by atoms with Gasteiger partial charge < -0.3 is 9.88 Å². The van der Waals surface area contributed by atoms with Crippen LogP contribution in [0.25, 0.3) is 0 Å². The molecule has 3 rings (SSSR count). The zero-order valence-corrected chi connectivity index (χ0v) is 16.7. The maximum atomic E-state index is 12.5. The van der Waals surface area contributed by atoms with Crippen LogP contribution in [0.15, 0.2) is 46.7 Å². The van der Waals surface area contributed by atoms with E-state index in [0.717, 1.165) is 4.88 Å². The summed E-state index contributed by atoms with van der Waals surface area (Å²) >= 11 is 6.48. The van der Waals surface area contributed by atoms with Gasteiger partial charge in [0.1, 0.15) is 0 Å². The number of hydrogen-bond donors (Lipinski definition) is 3. The Morgan fingerprint density at radius 1 is 1.30 bits per heavy atom. The maximum absolute atomic E-state index is 12.5. The van der Waals surface area contributed by atoms with Crippen LogP contribution in [0.1, 0.15) is 21.1 Å². The smallest absolute Gasteiger partial charge is 0.251 e. The van der Waals surface area contributed by atoms with Gasteiger partial charge in [-0.25, -0.2) is 13.1 Å². The largest absolute Gasteiger partial charge is 0.345 e. The molecule has 0 unspecified atom stereocenters. The summed E-state index contributed by atoms with van der Waals surface area (Å²) in [7, 11) is -1.99. The van der Waals surface area contributed by atoms with E-state index in [-0.39, 0.29) is 23.5 Å². The normalized spacial score (nSPS) is 11.4. The Kier molecular flexibility index (Phi) is 5.85. The van der Waals surface area contributed by atoms with Crippen LogP contribution >= 0.6 is 23.6 Å². The molecule has 0 radical (unpaired) electrons. The van der Waals surface area contributed by atoms with Crippen LogP contribution < -0.4 is 10.0 Å². The van der Waals surface area contributed by atoms with E-state index in [0.29, 0.717) is 10.6 Å². The van der Waals surface area contributed by atoms with Crippen molar-refractivity contribution in [2.75, 3.05) is 0 Å². The van der Waals surface area contributed by atoms with E-state index in [4.69, 9.17) is 12.2 Å². The minimum Gasteiger partial charge on any atom is -0.345 e. The van der Waals surface area contributed by atoms with Crippen LogP contribution in [0, 0.1) is 4.77 Å². The Hall–Kier alpha value is -2.34. The fraction of sp³-hybridized carbons (Fsp3) is 0.188. The lowest BCUT2D eigenvalue weighted by Gasteiger charge is -2.08. The third kappa shape index (κ3) is 4.69. The highest BCUT2D eigenvalue weighted by atomic mass is 32.2. The number of aromatic amines is 1. The predicted molar refractivity (Wildman–Crippen MR) is 104 cm³/mol. The summed E-state index contributed by atoms with van der Waals surface area (Å²) in [5.74, 6) is 0.161. The molecule has 11 heteroatoms. The zero-order valence-electron chi connectivity index (χ0n) is 14.3. The molecule has 1 amide bonds. The number of sulfonamides is 1. The molecule has 3 aromatic rings. The molecule has 0 fully saturated rings. The van der Waals surface area contributed by atoms with Gasteiger partial charge in [0.05, 0.1) is 11.4 Å². The molecular weight excluding hydrogens is 406 g/mol. The van der Waals surface area contributed by atoms with Crippen molar-refractivity contribution in [2.24, 2.45) is 7.05 Å². The average molecular weight is 424 g/mol. The second kappa shape index (κ2) is 8.13. The molecule has 0 bridgehead atoms. The van der Waals surface area contributed by atoms with Gasteiger partial charge in [-0.15, -0.1) is 11.3 Å². The third-order valence-electron chi connectivity index (χ3n) is 3.80. The molecule has 142 valence electrons. The van der Waals surface area contributed by atoms with Gasteiger partial charge in [-0.1, -0.05) is 12.1 Å². The topological polar surface area (TPSA) is 109 Å². The van der Waals surface area contributed by atoms with Crippen LogP contribution in [0.5, 0.6) is 0 Å². The number of nitrogens with zero attached hydrogens (tertiary/aromatic N) is 2. The number of hydrogen-bond acceptors (Lipinski definition) is 6. The highest BCUT2D eigenvalue weighted by Gasteiger charge is 2.16.